The van der Waals surface area contributed by atoms with E-state index in [1.165, 1.54) is 22.0 Å². The number of nitrogens with zero attached hydrogens (tertiary/aromatic N) is 2. The summed E-state index contributed by atoms with van der Waals surface area (Å²) in [5, 5.41) is 2.92. The second kappa shape index (κ2) is 10.5. The number of carbonyl (C=O) groups excluding carboxylic acids is 1. The third-order valence-electron chi connectivity index (χ3n) is 5.68. The van der Waals surface area contributed by atoms with Gasteiger partial charge in [0.2, 0.25) is 10.0 Å². The standard InChI is InChI=1S/C23H29N3O5S/c27-23(21-4-6-22(7-5-21)32(28,29)26-10-14-31-15-11-26)24-17-19-2-1-3-20(16-19)18-25-8-12-30-13-9-25/h1-7,16H,8-15,17-18H2,(H,24,27). The molecule has 0 aliphatic carbocycles. The molecule has 4 rings (SSSR count). The van der Waals surface area contributed by atoms with Crippen molar-refractivity contribution in [1.82, 2.24) is 14.5 Å². The molecule has 2 heterocycles. The molecule has 0 spiro atoms. The molecule has 2 aromatic carbocycles. The molecule has 2 saturated heterocycles. The quantitative estimate of drug-likeness (QED) is 0.675. The van der Waals surface area contributed by atoms with E-state index in [1.54, 1.807) is 12.1 Å². The first-order chi connectivity index (χ1) is 15.5. The highest BCUT2D eigenvalue weighted by Crippen LogP contribution is 2.18. The molecule has 0 bridgehead atoms. The van der Waals surface area contributed by atoms with E-state index in [9.17, 15) is 13.2 Å². The summed E-state index contributed by atoms with van der Waals surface area (Å²) in [4.78, 5) is 15.1. The number of nitrogens with one attached hydrogen (secondary N) is 1. The van der Waals surface area contributed by atoms with Crippen LogP contribution in [0, 0.1) is 0 Å². The number of hydrogen-bond acceptors (Lipinski definition) is 6. The Morgan fingerprint density at radius 1 is 0.875 bits per heavy atom. The largest absolute Gasteiger partial charge is 0.379 e. The van der Waals surface area contributed by atoms with Crippen LogP contribution in [0.5, 0.6) is 0 Å². The minimum Gasteiger partial charge on any atom is -0.379 e. The van der Waals surface area contributed by atoms with Gasteiger partial charge >= 0.3 is 0 Å². The van der Waals surface area contributed by atoms with Crippen molar-refractivity contribution in [1.29, 1.82) is 0 Å². The zero-order chi connectivity index (χ0) is 22.4. The van der Waals surface area contributed by atoms with Gasteiger partial charge < -0.3 is 14.8 Å². The van der Waals surface area contributed by atoms with Gasteiger partial charge in [0.25, 0.3) is 5.91 Å². The summed E-state index contributed by atoms with van der Waals surface area (Å²) >= 11 is 0. The van der Waals surface area contributed by atoms with Gasteiger partial charge in [-0.15, -0.1) is 0 Å². The van der Waals surface area contributed by atoms with E-state index in [0.29, 0.717) is 38.4 Å². The first kappa shape index (κ1) is 22.9. The Labute approximate surface area is 189 Å². The summed E-state index contributed by atoms with van der Waals surface area (Å²) < 4.78 is 37.5. The van der Waals surface area contributed by atoms with Gasteiger partial charge in [-0.1, -0.05) is 24.3 Å². The van der Waals surface area contributed by atoms with Gasteiger partial charge in [-0.25, -0.2) is 8.42 Å². The van der Waals surface area contributed by atoms with Crippen molar-refractivity contribution in [3.05, 3.63) is 65.2 Å². The lowest BCUT2D eigenvalue weighted by Crippen LogP contribution is -2.40. The van der Waals surface area contributed by atoms with Crippen LogP contribution in [0.25, 0.3) is 0 Å². The number of hydrogen-bond donors (Lipinski definition) is 1. The first-order valence-corrected chi connectivity index (χ1v) is 12.3. The first-order valence-electron chi connectivity index (χ1n) is 10.9. The van der Waals surface area contributed by atoms with Crippen LogP contribution in [0.1, 0.15) is 21.5 Å². The molecule has 2 aromatic rings. The fourth-order valence-corrected chi connectivity index (χ4v) is 5.26. The molecule has 9 heteroatoms. The second-order valence-electron chi connectivity index (χ2n) is 7.93. The zero-order valence-corrected chi connectivity index (χ0v) is 18.9. The molecule has 0 saturated carbocycles. The number of morpholine rings is 2. The van der Waals surface area contributed by atoms with Crippen molar-refractivity contribution in [2.24, 2.45) is 0 Å². The molecule has 2 fully saturated rings. The Bertz CT molecular complexity index is 1010. The maximum atomic E-state index is 12.7. The minimum atomic E-state index is -3.57. The van der Waals surface area contributed by atoms with Crippen molar-refractivity contribution < 1.29 is 22.7 Å². The summed E-state index contributed by atoms with van der Waals surface area (Å²) in [5.41, 5.74) is 2.65. The highest BCUT2D eigenvalue weighted by Gasteiger charge is 2.26. The maximum absolute atomic E-state index is 12.7. The van der Waals surface area contributed by atoms with Crippen molar-refractivity contribution in [3.8, 4) is 0 Å². The van der Waals surface area contributed by atoms with Gasteiger partial charge in [0.1, 0.15) is 0 Å². The summed E-state index contributed by atoms with van der Waals surface area (Å²) in [6, 6.07) is 14.3. The Hall–Kier alpha value is -2.30. The van der Waals surface area contributed by atoms with E-state index >= 15 is 0 Å². The van der Waals surface area contributed by atoms with Gasteiger partial charge in [-0.05, 0) is 35.4 Å². The number of sulfonamides is 1. The summed E-state index contributed by atoms with van der Waals surface area (Å²) in [7, 11) is -3.57. The van der Waals surface area contributed by atoms with E-state index < -0.39 is 10.0 Å². The van der Waals surface area contributed by atoms with Gasteiger partial charge in [-0.2, -0.15) is 4.31 Å². The lowest BCUT2D eigenvalue weighted by Gasteiger charge is -2.26. The van der Waals surface area contributed by atoms with Crippen LogP contribution in [-0.2, 0) is 32.6 Å². The molecule has 172 valence electrons. The Morgan fingerprint density at radius 2 is 1.50 bits per heavy atom. The molecule has 2 aliphatic rings. The SMILES string of the molecule is O=C(NCc1cccc(CN2CCOCC2)c1)c1ccc(S(=O)(=O)N2CCOCC2)cc1. The van der Waals surface area contributed by atoms with E-state index in [0.717, 1.165) is 38.4 Å². The fraction of sp³-hybridized carbons (Fsp3) is 0.435. The van der Waals surface area contributed by atoms with Crippen molar-refractivity contribution in [2.45, 2.75) is 18.0 Å². The van der Waals surface area contributed by atoms with Crippen LogP contribution in [-0.4, -0.2) is 76.1 Å². The highest BCUT2D eigenvalue weighted by atomic mass is 32.2. The van der Waals surface area contributed by atoms with E-state index in [1.807, 2.05) is 12.1 Å². The average molecular weight is 460 g/mol. The molecule has 1 amide bonds. The topological polar surface area (TPSA) is 88.2 Å². The molecular weight excluding hydrogens is 430 g/mol. The third kappa shape index (κ3) is 5.73. The van der Waals surface area contributed by atoms with Crippen LogP contribution in [0.15, 0.2) is 53.4 Å². The average Bonchev–Trinajstić information content (AvgIpc) is 2.84. The maximum Gasteiger partial charge on any atom is 0.251 e. The van der Waals surface area contributed by atoms with Crippen LogP contribution < -0.4 is 5.32 Å². The Morgan fingerprint density at radius 3 is 2.19 bits per heavy atom. The number of benzene rings is 2. The molecule has 32 heavy (non-hydrogen) atoms. The van der Waals surface area contributed by atoms with Gasteiger partial charge in [0, 0.05) is 44.8 Å². The summed E-state index contributed by atoms with van der Waals surface area (Å²) in [6.07, 6.45) is 0. The molecule has 1 N–H and O–H groups in total. The van der Waals surface area contributed by atoms with Crippen LogP contribution in [0.2, 0.25) is 0 Å². The highest BCUT2D eigenvalue weighted by molar-refractivity contribution is 7.89. The summed E-state index contributed by atoms with van der Waals surface area (Å²) in [5.74, 6) is -0.237. The fourth-order valence-electron chi connectivity index (χ4n) is 3.85. The normalized spacial score (nSPS) is 18.4. The van der Waals surface area contributed by atoms with E-state index in [4.69, 9.17) is 9.47 Å². The molecule has 0 atom stereocenters. The van der Waals surface area contributed by atoms with Gasteiger partial charge in [0.05, 0.1) is 31.3 Å². The molecule has 0 unspecified atom stereocenters. The predicted molar refractivity (Wildman–Crippen MR) is 120 cm³/mol. The number of rotatable bonds is 7. The molecular formula is C23H29N3O5S. The lowest BCUT2D eigenvalue weighted by molar-refractivity contribution is 0.0342. The van der Waals surface area contributed by atoms with Crippen molar-refractivity contribution >= 4 is 15.9 Å². The van der Waals surface area contributed by atoms with Crippen molar-refractivity contribution in [2.75, 3.05) is 52.6 Å². The van der Waals surface area contributed by atoms with Gasteiger partial charge in [-0.3, -0.25) is 9.69 Å². The minimum absolute atomic E-state index is 0.187. The molecule has 2 aliphatic heterocycles. The third-order valence-corrected chi connectivity index (χ3v) is 7.59. The Kier molecular flexibility index (Phi) is 7.54. The lowest BCUT2D eigenvalue weighted by atomic mass is 10.1. The van der Waals surface area contributed by atoms with Crippen molar-refractivity contribution in [3.63, 3.8) is 0 Å². The monoisotopic (exact) mass is 459 g/mol. The van der Waals surface area contributed by atoms with Gasteiger partial charge in [0.15, 0.2) is 0 Å². The number of amides is 1. The molecule has 8 nitrogen and oxygen atoms in total. The smallest absolute Gasteiger partial charge is 0.251 e. The number of ether oxygens (including phenoxy) is 2. The number of carbonyl (C=O) groups is 1. The van der Waals surface area contributed by atoms with Crippen LogP contribution in [0.4, 0.5) is 0 Å². The Balaban J connectivity index is 1.33. The molecule has 0 aromatic heterocycles. The van der Waals surface area contributed by atoms with Crippen LogP contribution >= 0.6 is 0 Å². The zero-order valence-electron chi connectivity index (χ0n) is 18.0. The summed E-state index contributed by atoms with van der Waals surface area (Å²) in [6.45, 7) is 6.14. The van der Waals surface area contributed by atoms with Crippen LogP contribution in [0.3, 0.4) is 0 Å². The molecule has 0 radical (unpaired) electrons. The van der Waals surface area contributed by atoms with E-state index in [2.05, 4.69) is 22.3 Å². The predicted octanol–water partition coefficient (Wildman–Crippen LogP) is 1.47. The second-order valence-corrected chi connectivity index (χ2v) is 9.87. The van der Waals surface area contributed by atoms with E-state index in [-0.39, 0.29) is 10.8 Å².